The molecule has 1 fully saturated rings. The Kier molecular flexibility index (Phi) is 4.28. The first kappa shape index (κ1) is 14.8. The number of rotatable bonds is 4. The van der Waals surface area contributed by atoms with Gasteiger partial charge in [0.05, 0.1) is 5.56 Å². The Morgan fingerprint density at radius 2 is 2.20 bits per heavy atom. The molecule has 0 aromatic carbocycles. The van der Waals surface area contributed by atoms with Crippen molar-refractivity contribution in [3.05, 3.63) is 22.9 Å². The average Bonchev–Trinajstić information content (AvgIpc) is 2.74. The van der Waals surface area contributed by atoms with Crippen LogP contribution in [-0.4, -0.2) is 48.9 Å². The molecule has 0 saturated carbocycles. The van der Waals surface area contributed by atoms with Crippen LogP contribution in [0.4, 0.5) is 5.82 Å². The van der Waals surface area contributed by atoms with Crippen molar-refractivity contribution in [1.82, 2.24) is 9.88 Å². The van der Waals surface area contributed by atoms with Gasteiger partial charge in [-0.2, -0.15) is 0 Å². The van der Waals surface area contributed by atoms with Crippen molar-refractivity contribution < 1.29 is 0 Å². The number of nitrogens with two attached hydrogens (primary N) is 1. The van der Waals surface area contributed by atoms with Crippen LogP contribution in [-0.2, 0) is 0 Å². The van der Waals surface area contributed by atoms with Crippen LogP contribution >= 0.6 is 0 Å². The maximum Gasteiger partial charge on any atom is 0.140 e. The second-order valence-electron chi connectivity index (χ2n) is 5.94. The summed E-state index contributed by atoms with van der Waals surface area (Å²) in [5.74, 6) is 1.000. The average molecular weight is 275 g/mol. The molecule has 0 aliphatic carbocycles. The molecular weight excluding hydrogens is 250 g/mol. The summed E-state index contributed by atoms with van der Waals surface area (Å²) < 4.78 is 0. The lowest BCUT2D eigenvalue weighted by Crippen LogP contribution is -2.39. The fourth-order valence-electron chi connectivity index (χ4n) is 3.08. The van der Waals surface area contributed by atoms with E-state index < -0.39 is 0 Å². The number of anilines is 1. The van der Waals surface area contributed by atoms with Crippen LogP contribution in [0.25, 0.3) is 0 Å². The quantitative estimate of drug-likeness (QED) is 0.645. The lowest BCUT2D eigenvalue weighted by molar-refractivity contribution is 0.371. The van der Waals surface area contributed by atoms with E-state index in [0.717, 1.165) is 35.7 Å². The van der Waals surface area contributed by atoms with Gasteiger partial charge >= 0.3 is 0 Å². The first-order valence-electron chi connectivity index (χ1n) is 7.14. The van der Waals surface area contributed by atoms with E-state index in [1.54, 1.807) is 0 Å². The van der Waals surface area contributed by atoms with Crippen molar-refractivity contribution >= 4 is 11.7 Å². The molecule has 1 atom stereocenters. The predicted octanol–water partition coefficient (Wildman–Crippen LogP) is 1.51. The molecule has 1 aromatic rings. The number of nitrogens with zero attached hydrogens (tertiary/aromatic N) is 3. The molecule has 0 radical (unpaired) electrons. The molecular formula is C15H25N5. The van der Waals surface area contributed by atoms with E-state index in [1.807, 2.05) is 19.9 Å². The normalized spacial score (nSPS) is 18.9. The molecule has 2 rings (SSSR count). The van der Waals surface area contributed by atoms with E-state index in [2.05, 4.69) is 28.9 Å². The molecule has 1 aliphatic heterocycles. The number of aryl methyl sites for hydroxylation is 2. The van der Waals surface area contributed by atoms with Crippen LogP contribution in [0.2, 0.25) is 0 Å². The van der Waals surface area contributed by atoms with E-state index in [0.29, 0.717) is 6.04 Å². The van der Waals surface area contributed by atoms with Crippen molar-refractivity contribution in [3.8, 4) is 0 Å². The minimum absolute atomic E-state index is 0.112. The van der Waals surface area contributed by atoms with Gasteiger partial charge in [0, 0.05) is 24.8 Å². The Labute approximate surface area is 121 Å². The minimum atomic E-state index is 0.112. The molecule has 1 aromatic heterocycles. The van der Waals surface area contributed by atoms with Crippen molar-refractivity contribution in [2.75, 3.05) is 32.1 Å². The lowest BCUT2D eigenvalue weighted by Gasteiger charge is -2.30. The van der Waals surface area contributed by atoms with Crippen LogP contribution in [0.1, 0.15) is 29.7 Å². The van der Waals surface area contributed by atoms with Gasteiger partial charge in [-0.05, 0) is 52.4 Å². The Morgan fingerprint density at radius 3 is 2.80 bits per heavy atom. The van der Waals surface area contributed by atoms with Gasteiger partial charge in [0.25, 0.3) is 0 Å². The smallest absolute Gasteiger partial charge is 0.140 e. The highest BCUT2D eigenvalue weighted by Crippen LogP contribution is 2.29. The summed E-state index contributed by atoms with van der Waals surface area (Å²) in [5, 5.41) is 7.86. The fraction of sp³-hybridized carbons (Fsp3) is 0.600. The highest BCUT2D eigenvalue weighted by Gasteiger charge is 2.29. The van der Waals surface area contributed by atoms with Gasteiger partial charge in [-0.1, -0.05) is 0 Å². The maximum atomic E-state index is 7.86. The molecule has 3 N–H and O–H groups in total. The zero-order valence-electron chi connectivity index (χ0n) is 12.9. The molecule has 1 unspecified atom stereocenters. The number of nitrogen functional groups attached to an aromatic ring is 1. The maximum absolute atomic E-state index is 7.86. The van der Waals surface area contributed by atoms with Gasteiger partial charge in [0.1, 0.15) is 11.7 Å². The van der Waals surface area contributed by atoms with Gasteiger partial charge in [0.15, 0.2) is 0 Å². The third-order valence-electron chi connectivity index (χ3n) is 3.82. The van der Waals surface area contributed by atoms with E-state index in [-0.39, 0.29) is 5.84 Å². The molecule has 1 saturated heterocycles. The third kappa shape index (κ3) is 2.93. The van der Waals surface area contributed by atoms with Gasteiger partial charge in [-0.25, -0.2) is 4.98 Å². The summed E-state index contributed by atoms with van der Waals surface area (Å²) in [6.07, 6.45) is 2.34. The Morgan fingerprint density at radius 1 is 1.50 bits per heavy atom. The number of hydrogen-bond donors (Lipinski definition) is 2. The van der Waals surface area contributed by atoms with E-state index in [4.69, 9.17) is 11.1 Å². The molecule has 2 heterocycles. The second kappa shape index (κ2) is 5.79. The number of pyridine rings is 1. The highest BCUT2D eigenvalue weighted by molar-refractivity contribution is 6.01. The molecule has 0 spiro atoms. The largest absolute Gasteiger partial charge is 0.384 e. The van der Waals surface area contributed by atoms with Crippen LogP contribution in [0.15, 0.2) is 6.07 Å². The molecule has 0 bridgehead atoms. The predicted molar refractivity (Wildman–Crippen MR) is 83.6 cm³/mol. The van der Waals surface area contributed by atoms with E-state index in [9.17, 15) is 0 Å². The fourth-order valence-corrected chi connectivity index (χ4v) is 3.08. The van der Waals surface area contributed by atoms with Crippen molar-refractivity contribution in [2.24, 2.45) is 5.73 Å². The monoisotopic (exact) mass is 275 g/mol. The Bertz CT molecular complexity index is 509. The Hall–Kier alpha value is -1.62. The van der Waals surface area contributed by atoms with Crippen LogP contribution in [0.3, 0.4) is 0 Å². The van der Waals surface area contributed by atoms with Crippen LogP contribution in [0.5, 0.6) is 0 Å². The van der Waals surface area contributed by atoms with Gasteiger partial charge in [-0.3, -0.25) is 5.41 Å². The molecule has 110 valence electrons. The Balaban J connectivity index is 2.43. The number of likely N-dealkylation sites (N-methyl/N-ethyl adjacent to an activating group) is 1. The van der Waals surface area contributed by atoms with Gasteiger partial charge < -0.3 is 15.5 Å². The minimum Gasteiger partial charge on any atom is -0.384 e. The number of hydrogen-bond acceptors (Lipinski definition) is 4. The van der Waals surface area contributed by atoms with Gasteiger partial charge in [-0.15, -0.1) is 0 Å². The SMILES string of the molecule is Cc1cc(C)c(C(=N)N)c(N2CCCC2CN(C)C)n1. The second-order valence-corrected chi connectivity index (χ2v) is 5.94. The summed E-state index contributed by atoms with van der Waals surface area (Å²) >= 11 is 0. The first-order chi connectivity index (χ1) is 9.40. The number of amidine groups is 1. The highest BCUT2D eigenvalue weighted by atomic mass is 15.3. The topological polar surface area (TPSA) is 69.2 Å². The summed E-state index contributed by atoms with van der Waals surface area (Å²) in [7, 11) is 4.19. The van der Waals surface area contributed by atoms with Crippen LogP contribution < -0.4 is 10.6 Å². The first-order valence-corrected chi connectivity index (χ1v) is 7.14. The summed E-state index contributed by atoms with van der Waals surface area (Å²) in [4.78, 5) is 9.22. The van der Waals surface area contributed by atoms with Crippen molar-refractivity contribution in [1.29, 1.82) is 5.41 Å². The third-order valence-corrected chi connectivity index (χ3v) is 3.82. The molecule has 5 heteroatoms. The van der Waals surface area contributed by atoms with Gasteiger partial charge in [0.2, 0.25) is 0 Å². The lowest BCUT2D eigenvalue weighted by atomic mass is 10.1. The van der Waals surface area contributed by atoms with Crippen molar-refractivity contribution in [3.63, 3.8) is 0 Å². The standard InChI is InChI=1S/C15H25N5/c1-10-8-11(2)18-15(13(10)14(16)17)20-7-5-6-12(20)9-19(3)4/h8,12H,5-7,9H2,1-4H3,(H3,16,17). The summed E-state index contributed by atoms with van der Waals surface area (Å²) in [6.45, 7) is 6.00. The van der Waals surface area contributed by atoms with Crippen molar-refractivity contribution in [2.45, 2.75) is 32.7 Å². The molecule has 20 heavy (non-hydrogen) atoms. The summed E-state index contributed by atoms with van der Waals surface area (Å²) in [6, 6.07) is 2.45. The zero-order valence-corrected chi connectivity index (χ0v) is 12.9. The molecule has 5 nitrogen and oxygen atoms in total. The number of nitrogens with one attached hydrogen (secondary N) is 1. The van der Waals surface area contributed by atoms with E-state index >= 15 is 0 Å². The summed E-state index contributed by atoms with van der Waals surface area (Å²) in [5.41, 5.74) is 8.60. The zero-order chi connectivity index (χ0) is 14.9. The van der Waals surface area contributed by atoms with E-state index in [1.165, 1.54) is 12.8 Å². The van der Waals surface area contributed by atoms with Crippen LogP contribution in [0, 0.1) is 19.3 Å². The molecule has 0 amide bonds. The molecule has 1 aliphatic rings. The number of aromatic nitrogens is 1.